The topological polar surface area (TPSA) is 95.5 Å². The number of hydrogen-bond donors (Lipinski definition) is 1. The van der Waals surface area contributed by atoms with Crippen molar-refractivity contribution in [2.75, 3.05) is 20.8 Å². The molecule has 3 aromatic carbocycles. The first-order valence-corrected chi connectivity index (χ1v) is 11.7. The summed E-state index contributed by atoms with van der Waals surface area (Å²) < 4.78 is 22.4. The Balaban J connectivity index is 1.77. The average molecular weight is 588 g/mol. The van der Waals surface area contributed by atoms with Crippen molar-refractivity contribution in [1.82, 2.24) is 5.43 Å². The number of aryl methyl sites for hydroxylation is 1. The second kappa shape index (κ2) is 12.2. The van der Waals surface area contributed by atoms with Crippen LogP contribution in [0.25, 0.3) is 0 Å². The summed E-state index contributed by atoms with van der Waals surface area (Å²) in [5.74, 6) is 0.875. The van der Waals surface area contributed by atoms with Gasteiger partial charge in [-0.25, -0.2) is 10.2 Å². The molecular weight excluding hydrogens is 563 g/mol. The van der Waals surface area contributed by atoms with Crippen molar-refractivity contribution < 1.29 is 28.5 Å². The predicted octanol–water partition coefficient (Wildman–Crippen LogP) is 5.00. The minimum atomic E-state index is -0.521. The molecule has 0 saturated carbocycles. The molecule has 0 bridgehead atoms. The first-order valence-electron chi connectivity index (χ1n) is 10.7. The van der Waals surface area contributed by atoms with Crippen LogP contribution in [0.3, 0.4) is 0 Å². The van der Waals surface area contributed by atoms with Gasteiger partial charge >= 0.3 is 5.97 Å². The van der Waals surface area contributed by atoms with Gasteiger partial charge in [-0.15, -0.1) is 0 Å². The molecule has 0 heterocycles. The maximum atomic E-state index is 12.7. The lowest BCUT2D eigenvalue weighted by Gasteiger charge is -2.13. The van der Waals surface area contributed by atoms with Crippen LogP contribution in [0.2, 0.25) is 0 Å². The normalized spacial score (nSPS) is 10.7. The number of rotatable bonds is 9. The van der Waals surface area contributed by atoms with Crippen LogP contribution in [0.4, 0.5) is 0 Å². The van der Waals surface area contributed by atoms with Crippen molar-refractivity contribution >= 4 is 40.7 Å². The van der Waals surface area contributed by atoms with Gasteiger partial charge in [-0.05, 0) is 96.1 Å². The second-order valence-electron chi connectivity index (χ2n) is 7.28. The number of ether oxygens (including phenoxy) is 4. The number of methoxy groups -OCH3 is 2. The number of hydrogen-bond acceptors (Lipinski definition) is 7. The Hall–Kier alpha value is -3.60. The molecule has 35 heavy (non-hydrogen) atoms. The highest BCUT2D eigenvalue weighted by molar-refractivity contribution is 14.1. The number of carbonyl (C=O) groups is 2. The zero-order valence-corrected chi connectivity index (χ0v) is 21.9. The SMILES string of the molecule is CCOc1cc(/C=N\NC(=O)c2ccc(C)cc2OC)cc(I)c1OC(=O)c1ccc(OC)cc1. The first-order chi connectivity index (χ1) is 16.9. The molecule has 0 spiro atoms. The second-order valence-corrected chi connectivity index (χ2v) is 8.45. The predicted molar refractivity (Wildman–Crippen MR) is 141 cm³/mol. The van der Waals surface area contributed by atoms with Gasteiger partial charge in [0, 0.05) is 0 Å². The third-order valence-electron chi connectivity index (χ3n) is 4.83. The third kappa shape index (κ3) is 6.72. The summed E-state index contributed by atoms with van der Waals surface area (Å²) in [5, 5.41) is 4.05. The third-order valence-corrected chi connectivity index (χ3v) is 5.63. The largest absolute Gasteiger partial charge is 0.497 e. The molecule has 0 aromatic heterocycles. The fourth-order valence-corrected chi connectivity index (χ4v) is 3.85. The van der Waals surface area contributed by atoms with Gasteiger partial charge in [-0.3, -0.25) is 4.79 Å². The smallest absolute Gasteiger partial charge is 0.343 e. The molecule has 9 heteroatoms. The molecule has 0 aliphatic heterocycles. The number of nitrogens with zero attached hydrogens (tertiary/aromatic N) is 1. The van der Waals surface area contributed by atoms with Gasteiger partial charge in [-0.1, -0.05) is 6.07 Å². The van der Waals surface area contributed by atoms with Gasteiger partial charge in [0.1, 0.15) is 11.5 Å². The number of nitrogens with one attached hydrogen (secondary N) is 1. The van der Waals surface area contributed by atoms with Gasteiger partial charge in [0.05, 0.1) is 41.7 Å². The molecule has 0 fully saturated rings. The lowest BCUT2D eigenvalue weighted by Crippen LogP contribution is -2.18. The molecule has 182 valence electrons. The highest BCUT2D eigenvalue weighted by Gasteiger charge is 2.17. The van der Waals surface area contributed by atoms with E-state index in [1.54, 1.807) is 55.6 Å². The monoisotopic (exact) mass is 588 g/mol. The van der Waals surface area contributed by atoms with E-state index in [-0.39, 0.29) is 0 Å². The Labute approximate surface area is 217 Å². The molecule has 1 N–H and O–H groups in total. The molecule has 0 atom stereocenters. The van der Waals surface area contributed by atoms with Gasteiger partial charge in [0.15, 0.2) is 11.5 Å². The summed E-state index contributed by atoms with van der Waals surface area (Å²) in [6, 6.07) is 15.4. The maximum absolute atomic E-state index is 12.7. The van der Waals surface area contributed by atoms with E-state index in [9.17, 15) is 9.59 Å². The van der Waals surface area contributed by atoms with Crippen LogP contribution in [0.15, 0.2) is 59.7 Å². The van der Waals surface area contributed by atoms with Crippen LogP contribution in [0.1, 0.15) is 38.8 Å². The Kier molecular flexibility index (Phi) is 9.07. The summed E-state index contributed by atoms with van der Waals surface area (Å²) in [4.78, 5) is 25.2. The number of benzene rings is 3. The molecule has 0 aliphatic carbocycles. The number of amides is 1. The van der Waals surface area contributed by atoms with Gasteiger partial charge < -0.3 is 18.9 Å². The number of esters is 1. The van der Waals surface area contributed by atoms with Crippen molar-refractivity contribution in [3.63, 3.8) is 0 Å². The van der Waals surface area contributed by atoms with Crippen LogP contribution in [-0.2, 0) is 0 Å². The highest BCUT2D eigenvalue weighted by atomic mass is 127. The molecule has 0 saturated heterocycles. The fraction of sp³-hybridized carbons (Fsp3) is 0.192. The Morgan fingerprint density at radius 3 is 2.40 bits per heavy atom. The van der Waals surface area contributed by atoms with Crippen LogP contribution in [0, 0.1) is 10.5 Å². The van der Waals surface area contributed by atoms with E-state index in [4.69, 9.17) is 18.9 Å². The summed E-state index contributed by atoms with van der Waals surface area (Å²) in [7, 11) is 3.06. The fourth-order valence-electron chi connectivity index (χ4n) is 3.11. The molecule has 0 radical (unpaired) electrons. The van der Waals surface area contributed by atoms with Crippen LogP contribution in [-0.4, -0.2) is 38.9 Å². The minimum absolute atomic E-state index is 0.304. The molecule has 8 nitrogen and oxygen atoms in total. The quantitative estimate of drug-likeness (QED) is 0.124. The maximum Gasteiger partial charge on any atom is 0.343 e. The van der Waals surface area contributed by atoms with Crippen molar-refractivity contribution in [2.24, 2.45) is 5.10 Å². The lowest BCUT2D eigenvalue weighted by molar-refractivity contribution is 0.0726. The zero-order valence-electron chi connectivity index (χ0n) is 19.8. The first kappa shape index (κ1) is 26.0. The standard InChI is InChI=1S/C26H25IN2O6/c1-5-34-23-14-17(15-28-29-25(30)20-11-6-16(2)12-22(20)33-4)13-21(27)24(23)35-26(31)18-7-9-19(32-3)10-8-18/h6-15H,5H2,1-4H3,(H,29,30)/b28-15-. The van der Waals surface area contributed by atoms with Crippen LogP contribution < -0.4 is 24.4 Å². The molecule has 3 aromatic rings. The highest BCUT2D eigenvalue weighted by Crippen LogP contribution is 2.34. The van der Waals surface area contributed by atoms with Crippen molar-refractivity contribution in [2.45, 2.75) is 13.8 Å². The number of hydrazone groups is 1. The molecule has 0 unspecified atom stereocenters. The van der Waals surface area contributed by atoms with E-state index in [0.29, 0.717) is 49.9 Å². The minimum Gasteiger partial charge on any atom is -0.497 e. The average Bonchev–Trinajstić information content (AvgIpc) is 2.86. The zero-order chi connectivity index (χ0) is 25.4. The van der Waals surface area contributed by atoms with E-state index in [0.717, 1.165) is 5.56 Å². The van der Waals surface area contributed by atoms with Crippen molar-refractivity contribution in [3.8, 4) is 23.0 Å². The van der Waals surface area contributed by atoms with Crippen molar-refractivity contribution in [3.05, 3.63) is 80.4 Å². The summed E-state index contributed by atoms with van der Waals surface area (Å²) in [6.07, 6.45) is 1.48. The van der Waals surface area contributed by atoms with Gasteiger partial charge in [0.25, 0.3) is 5.91 Å². The van der Waals surface area contributed by atoms with E-state index in [1.165, 1.54) is 13.3 Å². The number of halogens is 1. The molecule has 0 aliphatic rings. The lowest BCUT2D eigenvalue weighted by atomic mass is 10.1. The van der Waals surface area contributed by atoms with Gasteiger partial charge in [0.2, 0.25) is 0 Å². The Morgan fingerprint density at radius 2 is 1.74 bits per heavy atom. The summed E-state index contributed by atoms with van der Waals surface area (Å²) in [5.41, 5.74) is 4.89. The Bertz CT molecular complexity index is 1240. The molecule has 1 amide bonds. The van der Waals surface area contributed by atoms with E-state index in [1.807, 2.05) is 19.9 Å². The van der Waals surface area contributed by atoms with Crippen LogP contribution in [0.5, 0.6) is 23.0 Å². The van der Waals surface area contributed by atoms with Crippen LogP contribution >= 0.6 is 22.6 Å². The molecule has 3 rings (SSSR count). The van der Waals surface area contributed by atoms with Crippen molar-refractivity contribution in [1.29, 1.82) is 0 Å². The summed E-state index contributed by atoms with van der Waals surface area (Å²) in [6.45, 7) is 4.11. The van der Waals surface area contributed by atoms with E-state index >= 15 is 0 Å². The number of carbonyl (C=O) groups excluding carboxylic acids is 2. The summed E-state index contributed by atoms with van der Waals surface area (Å²) >= 11 is 2.06. The van der Waals surface area contributed by atoms with E-state index < -0.39 is 11.9 Å². The molecular formula is C26H25IN2O6. The Morgan fingerprint density at radius 1 is 1.00 bits per heavy atom. The van der Waals surface area contributed by atoms with E-state index in [2.05, 4.69) is 33.1 Å². The van der Waals surface area contributed by atoms with Gasteiger partial charge in [-0.2, -0.15) is 5.10 Å².